The zero-order valence-electron chi connectivity index (χ0n) is 14.8. The molecule has 9 heteroatoms. The number of aromatic carboxylic acids is 1. The molecule has 0 aromatic heterocycles. The highest BCUT2D eigenvalue weighted by atomic mass is 32.2. The molecule has 7 nitrogen and oxygen atoms in total. The number of hydrogen-bond donors (Lipinski definition) is 2. The molecule has 1 rings (SSSR count). The second-order valence-corrected chi connectivity index (χ2v) is 9.45. The summed E-state index contributed by atoms with van der Waals surface area (Å²) >= 11 is 1.45. The van der Waals surface area contributed by atoms with Gasteiger partial charge in [-0.25, -0.2) is 4.79 Å². The Kier molecular flexibility index (Phi) is 10.3. The predicted molar refractivity (Wildman–Crippen MR) is 97.2 cm³/mol. The maximum atomic E-state index is 10.8. The van der Waals surface area contributed by atoms with Gasteiger partial charge >= 0.3 is 14.8 Å². The molecule has 25 heavy (non-hydrogen) atoms. The fourth-order valence-electron chi connectivity index (χ4n) is 2.10. The van der Waals surface area contributed by atoms with E-state index in [9.17, 15) is 9.90 Å². The van der Waals surface area contributed by atoms with Crippen LogP contribution in [0.4, 0.5) is 0 Å². The average Bonchev–Trinajstić information content (AvgIpc) is 2.64. The van der Waals surface area contributed by atoms with Gasteiger partial charge in [-0.3, -0.25) is 0 Å². The Morgan fingerprint density at radius 1 is 1.16 bits per heavy atom. The van der Waals surface area contributed by atoms with E-state index in [-0.39, 0.29) is 12.2 Å². The van der Waals surface area contributed by atoms with E-state index >= 15 is 0 Å². The maximum Gasteiger partial charge on any atom is 0.500 e. The van der Waals surface area contributed by atoms with Crippen molar-refractivity contribution in [2.75, 3.05) is 40.3 Å². The number of aliphatic hydroxyl groups is 1. The van der Waals surface area contributed by atoms with E-state index in [4.69, 9.17) is 23.1 Å². The monoisotopic (exact) mass is 390 g/mol. The quantitative estimate of drug-likeness (QED) is 0.300. The second-order valence-electron chi connectivity index (χ2n) is 5.27. The number of rotatable bonds is 13. The third kappa shape index (κ3) is 7.86. The van der Waals surface area contributed by atoms with Crippen molar-refractivity contribution in [1.29, 1.82) is 0 Å². The Bertz CT molecular complexity index is 499. The molecule has 142 valence electrons. The van der Waals surface area contributed by atoms with Crippen molar-refractivity contribution < 1.29 is 33.0 Å². The minimum atomic E-state index is -2.56. The molecule has 0 aliphatic heterocycles. The van der Waals surface area contributed by atoms with Gasteiger partial charge in [-0.05, 0) is 30.7 Å². The summed E-state index contributed by atoms with van der Waals surface area (Å²) in [5.74, 6) is -0.480. The zero-order valence-corrected chi connectivity index (χ0v) is 16.6. The van der Waals surface area contributed by atoms with Crippen molar-refractivity contribution in [1.82, 2.24) is 0 Å². The Morgan fingerprint density at radius 3 is 2.28 bits per heavy atom. The number of aliphatic hydroxyl groups excluding tert-OH is 1. The maximum absolute atomic E-state index is 10.8. The van der Waals surface area contributed by atoms with Gasteiger partial charge in [-0.15, -0.1) is 11.8 Å². The summed E-state index contributed by atoms with van der Waals surface area (Å²) in [6, 6.07) is 7.20. The van der Waals surface area contributed by atoms with Gasteiger partial charge in [0, 0.05) is 44.6 Å². The smallest absolute Gasteiger partial charge is 0.478 e. The second kappa shape index (κ2) is 11.6. The van der Waals surface area contributed by atoms with Crippen LogP contribution in [0.25, 0.3) is 0 Å². The molecule has 2 N–H and O–H groups in total. The van der Waals surface area contributed by atoms with Crippen molar-refractivity contribution in [3.05, 3.63) is 29.8 Å². The Hall–Kier alpha value is -0.943. The molecule has 0 heterocycles. The predicted octanol–water partition coefficient (Wildman–Crippen LogP) is 2.12. The largest absolute Gasteiger partial charge is 0.500 e. The van der Waals surface area contributed by atoms with Gasteiger partial charge in [0.15, 0.2) is 0 Å². The van der Waals surface area contributed by atoms with Gasteiger partial charge in [0.25, 0.3) is 0 Å². The van der Waals surface area contributed by atoms with E-state index in [1.54, 1.807) is 45.6 Å². The molecule has 0 aliphatic carbocycles. The summed E-state index contributed by atoms with van der Waals surface area (Å²) in [7, 11) is 2.17. The number of carboxylic acids is 1. The van der Waals surface area contributed by atoms with Crippen LogP contribution in [0.15, 0.2) is 29.2 Å². The lowest BCUT2D eigenvalue weighted by Gasteiger charge is -2.24. The number of carbonyl (C=O) groups is 1. The fraction of sp³-hybridized carbons (Fsp3) is 0.562. The molecule has 0 bridgehead atoms. The highest BCUT2D eigenvalue weighted by Crippen LogP contribution is 2.20. The van der Waals surface area contributed by atoms with Crippen molar-refractivity contribution in [3.8, 4) is 0 Å². The van der Waals surface area contributed by atoms with Crippen LogP contribution in [0, 0.1) is 0 Å². The molecule has 0 saturated heterocycles. The van der Waals surface area contributed by atoms with Crippen molar-refractivity contribution in [2.45, 2.75) is 23.5 Å². The van der Waals surface area contributed by atoms with Gasteiger partial charge in [0.05, 0.1) is 18.3 Å². The summed E-state index contributed by atoms with van der Waals surface area (Å²) < 4.78 is 21.5. The fourth-order valence-corrected chi connectivity index (χ4v) is 4.60. The van der Waals surface area contributed by atoms with Crippen LogP contribution >= 0.6 is 11.8 Å². The van der Waals surface area contributed by atoms with Crippen LogP contribution < -0.4 is 0 Å². The molecule has 0 aliphatic rings. The van der Waals surface area contributed by atoms with Gasteiger partial charge in [-0.2, -0.15) is 0 Å². The number of carboxylic acid groups (broad SMARTS) is 1. The summed E-state index contributed by atoms with van der Waals surface area (Å²) in [5, 5.41) is 18.8. The number of ether oxygens (including phenoxy) is 1. The first kappa shape index (κ1) is 22.1. The van der Waals surface area contributed by atoms with Crippen molar-refractivity contribution in [2.24, 2.45) is 0 Å². The SMILES string of the molecule is CO[Si](CCCOCC(O)CSc1ccc(C(=O)O)cc1)(OC)OC. The van der Waals surface area contributed by atoms with E-state index in [0.29, 0.717) is 18.4 Å². The minimum Gasteiger partial charge on any atom is -0.478 e. The Morgan fingerprint density at radius 2 is 1.76 bits per heavy atom. The molecule has 0 radical (unpaired) electrons. The third-order valence-electron chi connectivity index (χ3n) is 3.56. The summed E-state index contributed by atoms with van der Waals surface area (Å²) in [4.78, 5) is 11.7. The van der Waals surface area contributed by atoms with Gasteiger partial charge in [0.2, 0.25) is 0 Å². The highest BCUT2D eigenvalue weighted by molar-refractivity contribution is 7.99. The molecule has 1 atom stereocenters. The van der Waals surface area contributed by atoms with Crippen LogP contribution in [0.5, 0.6) is 0 Å². The average molecular weight is 391 g/mol. The first-order valence-corrected chi connectivity index (χ1v) is 10.8. The van der Waals surface area contributed by atoms with E-state index in [2.05, 4.69) is 0 Å². The topological polar surface area (TPSA) is 94.5 Å². The third-order valence-corrected chi connectivity index (χ3v) is 7.55. The molecular formula is C16H26O7SSi. The Labute approximate surface area is 153 Å². The molecule has 1 aromatic rings. The lowest BCUT2D eigenvalue weighted by molar-refractivity contribution is 0.0462. The molecule has 0 saturated carbocycles. The normalized spacial score (nSPS) is 13.0. The Balaban J connectivity index is 2.20. The molecular weight excluding hydrogens is 364 g/mol. The highest BCUT2D eigenvalue weighted by Gasteiger charge is 2.36. The molecule has 1 unspecified atom stereocenters. The molecule has 0 fully saturated rings. The number of benzene rings is 1. The van der Waals surface area contributed by atoms with Gasteiger partial charge < -0.3 is 28.2 Å². The number of thioether (sulfide) groups is 1. The van der Waals surface area contributed by atoms with Gasteiger partial charge in [0.1, 0.15) is 0 Å². The summed E-state index contributed by atoms with van der Waals surface area (Å²) in [5.41, 5.74) is 0.246. The van der Waals surface area contributed by atoms with Crippen molar-refractivity contribution >= 4 is 26.5 Å². The van der Waals surface area contributed by atoms with Crippen LogP contribution in [0.2, 0.25) is 6.04 Å². The molecule has 1 aromatic carbocycles. The lowest BCUT2D eigenvalue weighted by atomic mass is 10.2. The van der Waals surface area contributed by atoms with Crippen LogP contribution in [0.1, 0.15) is 16.8 Å². The molecule has 0 amide bonds. The van der Waals surface area contributed by atoms with E-state index < -0.39 is 20.9 Å². The molecule has 0 spiro atoms. The van der Waals surface area contributed by atoms with E-state index in [0.717, 1.165) is 11.3 Å². The lowest BCUT2D eigenvalue weighted by Crippen LogP contribution is -2.42. The summed E-state index contributed by atoms with van der Waals surface area (Å²) in [6.07, 6.45) is 0.122. The van der Waals surface area contributed by atoms with Crippen molar-refractivity contribution in [3.63, 3.8) is 0 Å². The van der Waals surface area contributed by atoms with Crippen LogP contribution in [0.3, 0.4) is 0 Å². The van der Waals surface area contributed by atoms with Gasteiger partial charge in [-0.1, -0.05) is 0 Å². The number of hydrogen-bond acceptors (Lipinski definition) is 7. The van der Waals surface area contributed by atoms with E-state index in [1.807, 2.05) is 0 Å². The van der Waals surface area contributed by atoms with E-state index in [1.165, 1.54) is 11.8 Å². The first-order valence-electron chi connectivity index (χ1n) is 7.83. The van der Waals surface area contributed by atoms with Crippen LogP contribution in [-0.4, -0.2) is 71.4 Å². The minimum absolute atomic E-state index is 0.238. The van der Waals surface area contributed by atoms with Crippen LogP contribution in [-0.2, 0) is 18.0 Å². The standard InChI is InChI=1S/C16H26O7SSi/c1-20-25(21-2,22-3)10-4-9-23-11-14(17)12-24-15-7-5-13(6-8-15)16(18)19/h5-8,14,17H,4,9-12H2,1-3H3,(H,18,19). The first-order chi connectivity index (χ1) is 12.0. The summed E-state index contributed by atoms with van der Waals surface area (Å²) in [6.45, 7) is 0.724. The zero-order chi connectivity index (χ0) is 18.7.